The van der Waals surface area contributed by atoms with Crippen LogP contribution in [0.4, 0.5) is 5.82 Å². The van der Waals surface area contributed by atoms with Crippen LogP contribution in [-0.2, 0) is 14.3 Å². The fraction of sp³-hybridized carbons (Fsp3) is 0.174. The molecule has 2 aromatic carbocycles. The number of esters is 1. The molecule has 4 rings (SSSR count). The van der Waals surface area contributed by atoms with E-state index in [0.717, 1.165) is 4.90 Å². The molecule has 2 heterocycles. The molecule has 0 saturated heterocycles. The third kappa shape index (κ3) is 4.27. The number of ether oxygens (including phenoxy) is 1. The summed E-state index contributed by atoms with van der Waals surface area (Å²) < 4.78 is 10.4. The highest BCUT2D eigenvalue weighted by Gasteiger charge is 2.35. The van der Waals surface area contributed by atoms with Gasteiger partial charge in [-0.25, -0.2) is 0 Å². The molecule has 0 unspecified atom stereocenters. The minimum atomic E-state index is -1.25. The van der Waals surface area contributed by atoms with Crippen molar-refractivity contribution in [3.8, 4) is 0 Å². The van der Waals surface area contributed by atoms with E-state index in [9.17, 15) is 19.2 Å². The van der Waals surface area contributed by atoms with Crippen LogP contribution in [0.3, 0.4) is 0 Å². The van der Waals surface area contributed by atoms with Gasteiger partial charge in [0.25, 0.3) is 17.7 Å². The molecule has 32 heavy (non-hydrogen) atoms. The standard InChI is InChI=1S/C23H19N3O6/c1-14-13-18(25-32-14)24-21(28)20(15-7-3-2-4-8-15)31-19(27)11-12-26-22(29)16-9-5-6-10-17(16)23(26)30/h2-10,13,20H,11-12H2,1H3,(H,24,25,28)/t20-/m1/s1. The summed E-state index contributed by atoms with van der Waals surface area (Å²) in [5, 5.41) is 6.26. The first-order chi connectivity index (χ1) is 15.4. The van der Waals surface area contributed by atoms with Crippen molar-refractivity contribution >= 4 is 29.5 Å². The molecule has 0 aliphatic carbocycles. The first kappa shape index (κ1) is 21.0. The quantitative estimate of drug-likeness (QED) is 0.449. The third-order valence-electron chi connectivity index (χ3n) is 4.89. The average Bonchev–Trinajstić information content (AvgIpc) is 3.31. The minimum absolute atomic E-state index is 0.156. The van der Waals surface area contributed by atoms with Gasteiger partial charge in [0.1, 0.15) is 5.76 Å². The number of anilines is 1. The topological polar surface area (TPSA) is 119 Å². The van der Waals surface area contributed by atoms with Crippen LogP contribution in [-0.4, -0.2) is 40.3 Å². The van der Waals surface area contributed by atoms with E-state index < -0.39 is 29.8 Å². The lowest BCUT2D eigenvalue weighted by Gasteiger charge is -2.18. The lowest BCUT2D eigenvalue weighted by molar-refractivity contribution is -0.154. The van der Waals surface area contributed by atoms with Gasteiger partial charge in [0.2, 0.25) is 6.10 Å². The number of nitrogens with zero attached hydrogens (tertiary/aromatic N) is 2. The Balaban J connectivity index is 1.43. The number of hydrogen-bond acceptors (Lipinski definition) is 7. The summed E-state index contributed by atoms with van der Waals surface area (Å²) >= 11 is 0. The number of fused-ring (bicyclic) bond motifs is 1. The SMILES string of the molecule is Cc1cc(NC(=O)[C@H](OC(=O)CCN2C(=O)c3ccccc3C2=O)c2ccccc2)no1. The van der Waals surface area contributed by atoms with Crippen LogP contribution >= 0.6 is 0 Å². The molecule has 0 saturated carbocycles. The van der Waals surface area contributed by atoms with Gasteiger partial charge < -0.3 is 14.6 Å². The Bertz CT molecular complexity index is 1150. The summed E-state index contributed by atoms with van der Waals surface area (Å²) in [5.74, 6) is -1.57. The smallest absolute Gasteiger partial charge is 0.308 e. The van der Waals surface area contributed by atoms with Gasteiger partial charge in [0, 0.05) is 18.2 Å². The van der Waals surface area contributed by atoms with Crippen molar-refractivity contribution in [1.82, 2.24) is 10.1 Å². The zero-order valence-corrected chi connectivity index (χ0v) is 17.1. The van der Waals surface area contributed by atoms with Gasteiger partial charge in [-0.15, -0.1) is 0 Å². The van der Waals surface area contributed by atoms with E-state index in [-0.39, 0.29) is 18.8 Å². The first-order valence-electron chi connectivity index (χ1n) is 9.88. The predicted octanol–water partition coefficient (Wildman–Crippen LogP) is 2.89. The summed E-state index contributed by atoms with van der Waals surface area (Å²) in [6.45, 7) is 1.52. The van der Waals surface area contributed by atoms with E-state index in [4.69, 9.17) is 9.26 Å². The van der Waals surface area contributed by atoms with Crippen LogP contribution in [0.2, 0.25) is 0 Å². The fourth-order valence-electron chi connectivity index (χ4n) is 3.35. The summed E-state index contributed by atoms with van der Waals surface area (Å²) in [5.41, 5.74) is 1.06. The third-order valence-corrected chi connectivity index (χ3v) is 4.89. The molecule has 1 atom stereocenters. The highest BCUT2D eigenvalue weighted by molar-refractivity contribution is 6.21. The van der Waals surface area contributed by atoms with Crippen LogP contribution in [0.5, 0.6) is 0 Å². The van der Waals surface area contributed by atoms with Crippen LogP contribution in [0, 0.1) is 6.92 Å². The molecule has 1 aliphatic rings. The highest BCUT2D eigenvalue weighted by Crippen LogP contribution is 2.24. The van der Waals surface area contributed by atoms with Crippen molar-refractivity contribution in [2.45, 2.75) is 19.4 Å². The molecule has 9 nitrogen and oxygen atoms in total. The number of aryl methyl sites for hydroxylation is 1. The lowest BCUT2D eigenvalue weighted by atomic mass is 10.1. The monoisotopic (exact) mass is 433 g/mol. The Labute approximate surface area is 182 Å². The molecule has 9 heteroatoms. The van der Waals surface area contributed by atoms with Crippen molar-refractivity contribution in [3.63, 3.8) is 0 Å². The molecule has 0 bridgehead atoms. The number of aromatic nitrogens is 1. The summed E-state index contributed by atoms with van der Waals surface area (Å²) in [6.07, 6.45) is -1.51. The summed E-state index contributed by atoms with van der Waals surface area (Å²) in [7, 11) is 0. The molecule has 1 aromatic heterocycles. The van der Waals surface area contributed by atoms with Gasteiger partial charge in [0.15, 0.2) is 5.82 Å². The van der Waals surface area contributed by atoms with Crippen molar-refractivity contribution in [3.05, 3.63) is 83.1 Å². The second kappa shape index (κ2) is 8.84. The number of carbonyl (C=O) groups is 4. The zero-order valence-electron chi connectivity index (χ0n) is 17.1. The largest absolute Gasteiger partial charge is 0.447 e. The number of benzene rings is 2. The maximum Gasteiger partial charge on any atom is 0.308 e. The first-order valence-corrected chi connectivity index (χ1v) is 9.88. The van der Waals surface area contributed by atoms with Crippen LogP contribution in [0.1, 0.15) is 44.6 Å². The Morgan fingerprint density at radius 2 is 1.66 bits per heavy atom. The Morgan fingerprint density at radius 3 is 2.25 bits per heavy atom. The minimum Gasteiger partial charge on any atom is -0.447 e. The molecule has 1 N–H and O–H groups in total. The highest BCUT2D eigenvalue weighted by atomic mass is 16.5. The second-order valence-corrected chi connectivity index (χ2v) is 7.15. The zero-order chi connectivity index (χ0) is 22.7. The van der Waals surface area contributed by atoms with E-state index in [2.05, 4.69) is 10.5 Å². The summed E-state index contributed by atoms with van der Waals surface area (Å²) in [6, 6.07) is 16.5. The maximum atomic E-state index is 12.8. The molecule has 3 amide bonds. The molecule has 0 spiro atoms. The molecular formula is C23H19N3O6. The Hall–Kier alpha value is -4.27. The van der Waals surface area contributed by atoms with Crippen molar-refractivity contribution in [2.24, 2.45) is 0 Å². The molecule has 3 aromatic rings. The van der Waals surface area contributed by atoms with Gasteiger partial charge in [-0.1, -0.05) is 47.6 Å². The van der Waals surface area contributed by atoms with Crippen molar-refractivity contribution in [2.75, 3.05) is 11.9 Å². The average molecular weight is 433 g/mol. The maximum absolute atomic E-state index is 12.8. The van der Waals surface area contributed by atoms with Crippen LogP contribution in [0.15, 0.2) is 65.2 Å². The summed E-state index contributed by atoms with van der Waals surface area (Å²) in [4.78, 5) is 51.2. The van der Waals surface area contributed by atoms with Gasteiger partial charge in [-0.3, -0.25) is 24.1 Å². The van der Waals surface area contributed by atoms with Gasteiger partial charge in [0.05, 0.1) is 17.5 Å². The van der Waals surface area contributed by atoms with E-state index in [1.807, 2.05) is 0 Å². The molecular weight excluding hydrogens is 414 g/mol. The van der Waals surface area contributed by atoms with Gasteiger partial charge in [-0.2, -0.15) is 0 Å². The molecule has 1 aliphatic heterocycles. The second-order valence-electron chi connectivity index (χ2n) is 7.15. The Kier molecular flexibility index (Phi) is 5.80. The number of nitrogens with one attached hydrogen (secondary N) is 1. The van der Waals surface area contributed by atoms with E-state index in [0.29, 0.717) is 22.5 Å². The Morgan fingerprint density at radius 1 is 1.03 bits per heavy atom. The van der Waals surface area contributed by atoms with Gasteiger partial charge >= 0.3 is 5.97 Å². The van der Waals surface area contributed by atoms with Crippen molar-refractivity contribution < 1.29 is 28.4 Å². The molecule has 162 valence electrons. The number of amides is 3. The predicted molar refractivity (Wildman–Crippen MR) is 112 cm³/mol. The number of carbonyl (C=O) groups excluding carboxylic acids is 4. The van der Waals surface area contributed by atoms with Crippen molar-refractivity contribution in [1.29, 1.82) is 0 Å². The molecule has 0 radical (unpaired) electrons. The van der Waals surface area contributed by atoms with E-state index in [1.165, 1.54) is 6.07 Å². The van der Waals surface area contributed by atoms with Crippen LogP contribution in [0.25, 0.3) is 0 Å². The fourth-order valence-corrected chi connectivity index (χ4v) is 3.35. The lowest BCUT2D eigenvalue weighted by Crippen LogP contribution is -2.33. The van der Waals surface area contributed by atoms with E-state index >= 15 is 0 Å². The number of rotatable bonds is 7. The van der Waals surface area contributed by atoms with Gasteiger partial charge in [-0.05, 0) is 19.1 Å². The number of hydrogen-bond donors (Lipinski definition) is 1. The molecule has 0 fully saturated rings. The number of imide groups is 1. The van der Waals surface area contributed by atoms with Crippen LogP contribution < -0.4 is 5.32 Å². The normalized spacial score (nSPS) is 13.6. The van der Waals surface area contributed by atoms with E-state index in [1.54, 1.807) is 61.5 Å².